The van der Waals surface area contributed by atoms with Crippen molar-refractivity contribution >= 4 is 46.0 Å². The molecule has 3 N–H and O–H groups in total. The predicted molar refractivity (Wildman–Crippen MR) is 178 cm³/mol. The lowest BCUT2D eigenvalue weighted by Crippen LogP contribution is -2.24. The number of nitrogens with zero attached hydrogens (tertiary/aromatic N) is 5. The number of aryl methyl sites for hydroxylation is 1. The molecule has 0 spiro atoms. The fourth-order valence-corrected chi connectivity index (χ4v) is 6.81. The molecule has 1 atom stereocenters. The van der Waals surface area contributed by atoms with Crippen LogP contribution in [0.5, 0.6) is 0 Å². The molecule has 1 unspecified atom stereocenters. The van der Waals surface area contributed by atoms with Gasteiger partial charge in [-0.3, -0.25) is 19.8 Å². The van der Waals surface area contributed by atoms with E-state index in [0.29, 0.717) is 18.7 Å². The summed E-state index contributed by atoms with van der Waals surface area (Å²) in [6.45, 7) is 9.83. The number of nitrogens with one attached hydrogen (secondary N) is 3. The topological polar surface area (TPSA) is 121 Å². The van der Waals surface area contributed by atoms with Crippen molar-refractivity contribution in [3.05, 3.63) is 87.2 Å². The lowest BCUT2D eigenvalue weighted by Gasteiger charge is -2.21. The molecule has 7 rings (SSSR count). The molecule has 0 aliphatic carbocycles. The molecule has 3 aliphatic heterocycles. The highest BCUT2D eigenvalue weighted by Crippen LogP contribution is 2.43. The second-order valence-electron chi connectivity index (χ2n) is 12.9. The molecule has 0 radical (unpaired) electrons. The van der Waals surface area contributed by atoms with Gasteiger partial charge in [-0.15, -0.1) is 11.3 Å². The van der Waals surface area contributed by atoms with Crippen molar-refractivity contribution in [2.45, 2.75) is 46.6 Å². The largest absolute Gasteiger partial charge is 0.376 e. The molecule has 1 saturated heterocycles. The number of thiophene rings is 1. The Balaban J connectivity index is 1.29. The summed E-state index contributed by atoms with van der Waals surface area (Å²) in [4.78, 5) is 40.2. The van der Waals surface area contributed by atoms with Crippen LogP contribution in [0.2, 0.25) is 0 Å². The number of aromatic amines is 1. The molecule has 44 heavy (non-hydrogen) atoms. The molecule has 3 aliphatic rings. The van der Waals surface area contributed by atoms with E-state index in [1.165, 1.54) is 15.5 Å². The summed E-state index contributed by atoms with van der Waals surface area (Å²) in [5.74, 6) is 0.812. The number of fused-ring (bicyclic) bond motifs is 3. The predicted octanol–water partition coefficient (Wildman–Crippen LogP) is 5.85. The summed E-state index contributed by atoms with van der Waals surface area (Å²) in [6.07, 6.45) is 10.6. The van der Waals surface area contributed by atoms with Gasteiger partial charge in [-0.2, -0.15) is 0 Å². The minimum absolute atomic E-state index is 0.0317. The number of rotatable bonds is 5. The smallest absolute Gasteiger partial charge is 0.224 e. The first-order valence-electron chi connectivity index (χ1n) is 15.0. The van der Waals surface area contributed by atoms with Crippen LogP contribution in [-0.2, 0) is 11.2 Å². The highest BCUT2D eigenvalue weighted by molar-refractivity contribution is 7.13. The van der Waals surface area contributed by atoms with E-state index in [9.17, 15) is 4.79 Å². The van der Waals surface area contributed by atoms with Gasteiger partial charge in [0.15, 0.2) is 0 Å². The van der Waals surface area contributed by atoms with E-state index >= 15 is 0 Å². The van der Waals surface area contributed by atoms with Crippen LogP contribution in [0.3, 0.4) is 0 Å². The Kier molecular flexibility index (Phi) is 6.96. The van der Waals surface area contributed by atoms with Gasteiger partial charge in [0.05, 0.1) is 41.2 Å². The second kappa shape index (κ2) is 10.9. The summed E-state index contributed by atoms with van der Waals surface area (Å²) in [7, 11) is 2.10. The van der Waals surface area contributed by atoms with E-state index in [1.807, 2.05) is 18.5 Å². The number of imidazole rings is 1. The maximum Gasteiger partial charge on any atom is 0.224 e. The Morgan fingerprint density at radius 1 is 1.18 bits per heavy atom. The number of carbonyl (C=O) groups is 1. The van der Waals surface area contributed by atoms with E-state index in [0.717, 1.165) is 63.8 Å². The van der Waals surface area contributed by atoms with Crippen LogP contribution < -0.4 is 15.5 Å². The third-order valence-electron chi connectivity index (χ3n) is 8.01. The maximum atomic E-state index is 12.6. The first-order valence-corrected chi connectivity index (χ1v) is 15.8. The van der Waals surface area contributed by atoms with Gasteiger partial charge in [-0.25, -0.2) is 4.98 Å². The molecule has 0 saturated carbocycles. The van der Waals surface area contributed by atoms with Crippen LogP contribution in [0, 0.1) is 12.3 Å². The Morgan fingerprint density at radius 3 is 2.84 bits per heavy atom. The average Bonchev–Trinajstić information content (AvgIpc) is 3.39. The number of aromatic nitrogens is 4. The first-order chi connectivity index (χ1) is 21.1. The van der Waals surface area contributed by atoms with E-state index < -0.39 is 0 Å². The molecule has 4 aromatic rings. The number of amides is 1. The number of likely N-dealkylation sites (N-methyl/N-ethyl adjacent to an activating group) is 1. The Hall–Kier alpha value is -4.57. The second-order valence-corrected chi connectivity index (χ2v) is 14.2. The Bertz CT molecular complexity index is 1870. The zero-order valence-electron chi connectivity index (χ0n) is 25.7. The normalized spacial score (nSPS) is 18.6. The average molecular weight is 605 g/mol. The van der Waals surface area contributed by atoms with Crippen molar-refractivity contribution in [1.29, 1.82) is 0 Å². The molecule has 10 heteroatoms. The van der Waals surface area contributed by atoms with E-state index in [2.05, 4.69) is 89.5 Å². The van der Waals surface area contributed by atoms with Gasteiger partial charge in [0, 0.05) is 88.8 Å². The number of hydrogen-bond donors (Lipinski definition) is 3. The van der Waals surface area contributed by atoms with Gasteiger partial charge in [0.25, 0.3) is 0 Å². The maximum absolute atomic E-state index is 12.6. The number of H-pyrrole nitrogens is 1. The minimum Gasteiger partial charge on any atom is -0.376 e. The molecule has 0 bridgehead atoms. The third kappa shape index (κ3) is 5.57. The van der Waals surface area contributed by atoms with Gasteiger partial charge in [-0.05, 0) is 42.7 Å². The van der Waals surface area contributed by atoms with Crippen molar-refractivity contribution in [3.63, 3.8) is 0 Å². The van der Waals surface area contributed by atoms with Crippen LogP contribution in [0.1, 0.15) is 59.7 Å². The number of carbonyl (C=O) groups excluding carboxylic acids is 1. The van der Waals surface area contributed by atoms with E-state index in [-0.39, 0.29) is 17.4 Å². The van der Waals surface area contributed by atoms with E-state index in [4.69, 9.17) is 9.97 Å². The van der Waals surface area contributed by atoms with Gasteiger partial charge in [0.1, 0.15) is 5.82 Å². The Morgan fingerprint density at radius 2 is 2.05 bits per heavy atom. The van der Waals surface area contributed by atoms with Gasteiger partial charge >= 0.3 is 0 Å². The van der Waals surface area contributed by atoms with Gasteiger partial charge in [0.2, 0.25) is 5.91 Å². The molecule has 9 nitrogen and oxygen atoms in total. The summed E-state index contributed by atoms with van der Waals surface area (Å²) >= 11 is 1.77. The number of hydrogen-bond acceptors (Lipinski definition) is 8. The number of aliphatic imine (C=N–C) groups is 1. The number of anilines is 2. The van der Waals surface area contributed by atoms with Crippen LogP contribution in [0.4, 0.5) is 11.4 Å². The van der Waals surface area contributed by atoms with Crippen LogP contribution in [0.15, 0.2) is 59.6 Å². The van der Waals surface area contributed by atoms with E-state index in [1.54, 1.807) is 23.7 Å². The molecule has 224 valence electrons. The van der Waals surface area contributed by atoms with Crippen molar-refractivity contribution < 1.29 is 4.79 Å². The van der Waals surface area contributed by atoms with Crippen molar-refractivity contribution in [2.24, 2.45) is 10.4 Å². The summed E-state index contributed by atoms with van der Waals surface area (Å²) in [5, 5.41) is 6.62. The first kappa shape index (κ1) is 28.2. The SMILES string of the molecule is Cc1ccc(/C2=C/C=NCCc3[nH]c(C4=C5NC5CN(C)c5cnc(-c6cncc(NC(=O)CC(C)(C)C)c6)cc54)nc32)s1. The Labute approximate surface area is 261 Å². The molecule has 1 fully saturated rings. The highest BCUT2D eigenvalue weighted by atomic mass is 32.1. The fourth-order valence-electron chi connectivity index (χ4n) is 5.91. The summed E-state index contributed by atoms with van der Waals surface area (Å²) in [6, 6.07) is 8.63. The van der Waals surface area contributed by atoms with Gasteiger partial charge in [-0.1, -0.05) is 20.8 Å². The summed E-state index contributed by atoms with van der Waals surface area (Å²) < 4.78 is 0. The quantitative estimate of drug-likeness (QED) is 0.246. The molecular formula is C34H36N8OS. The third-order valence-corrected chi connectivity index (χ3v) is 9.04. The van der Waals surface area contributed by atoms with Crippen LogP contribution in [0.25, 0.3) is 22.4 Å². The van der Waals surface area contributed by atoms with Crippen molar-refractivity contribution in [1.82, 2.24) is 25.3 Å². The lowest BCUT2D eigenvalue weighted by atomic mass is 9.92. The van der Waals surface area contributed by atoms with Crippen LogP contribution >= 0.6 is 11.3 Å². The van der Waals surface area contributed by atoms with Crippen molar-refractivity contribution in [3.8, 4) is 11.3 Å². The highest BCUT2D eigenvalue weighted by Gasteiger charge is 2.39. The van der Waals surface area contributed by atoms with Crippen molar-refractivity contribution in [2.75, 3.05) is 30.4 Å². The lowest BCUT2D eigenvalue weighted by molar-refractivity contribution is -0.117. The van der Waals surface area contributed by atoms with Crippen LogP contribution in [-0.4, -0.2) is 58.2 Å². The van der Waals surface area contributed by atoms with Gasteiger partial charge < -0.3 is 20.5 Å². The summed E-state index contributed by atoms with van der Waals surface area (Å²) in [5.41, 5.74) is 9.68. The fraction of sp³-hybridized carbons (Fsp3) is 0.324. The molecule has 0 aromatic carbocycles. The zero-order valence-corrected chi connectivity index (χ0v) is 26.5. The molecule has 1 amide bonds. The molecular weight excluding hydrogens is 568 g/mol. The molecule has 4 aromatic heterocycles. The number of allylic oxidation sites excluding steroid dienone is 1. The molecule has 7 heterocycles. The zero-order chi connectivity index (χ0) is 30.6. The monoisotopic (exact) mass is 604 g/mol. The minimum atomic E-state index is -0.103. The number of pyridine rings is 2. The standard InChI is InChI=1S/C34H36N8OS/c1-19-6-7-28(44-19)22-8-10-35-11-9-24-31(22)41-33(40-24)30-23-13-25(37-17-27(23)42(5)18-26-32(30)39-26)20-12-21(16-36-15-20)38-29(43)14-34(2,3)4/h6-8,10,12-13,15-17,26,39H,9,11,14,18H2,1-5H3,(H,38,43)(H,40,41)/b22-8-,35-10?.